The van der Waals surface area contributed by atoms with Gasteiger partial charge in [-0.1, -0.05) is 0 Å². The van der Waals surface area contributed by atoms with Gasteiger partial charge in [0.05, 0.1) is 31.9 Å². The summed E-state index contributed by atoms with van der Waals surface area (Å²) in [5.74, 6) is 0.788. The van der Waals surface area contributed by atoms with Crippen molar-refractivity contribution in [1.82, 2.24) is 5.43 Å². The normalized spacial score (nSPS) is 11.3. The molecule has 150 valence electrons. The molecule has 0 aliphatic heterocycles. The summed E-state index contributed by atoms with van der Waals surface area (Å²) in [5, 5.41) is 3.94. The number of carbonyl (C=O) groups excluding carboxylic acids is 1. The van der Waals surface area contributed by atoms with Crippen molar-refractivity contribution in [3.05, 3.63) is 53.6 Å². The molecule has 8 nitrogen and oxygen atoms in total. The summed E-state index contributed by atoms with van der Waals surface area (Å²) in [6, 6.07) is 11.5. The lowest BCUT2D eigenvalue weighted by Crippen LogP contribution is -2.25. The fraction of sp³-hybridized carbons (Fsp3) is 0.263. The number of hydrogen-bond acceptors (Lipinski definition) is 6. The standard InChI is InChI=1S/C19H23N3O5S/c1-5-27-17-11-6-14(12-18(17)26-3)13-20-21-19(23)15-7-9-16(10-8-15)22(2)28(4,24)25/h6-13H,5H2,1-4H3,(H,21,23)/b20-13-. The maximum absolute atomic E-state index is 12.2. The first kappa shape index (κ1) is 21.2. The summed E-state index contributed by atoms with van der Waals surface area (Å²) in [5.41, 5.74) is 3.97. The van der Waals surface area contributed by atoms with Gasteiger partial charge in [-0.05, 0) is 55.0 Å². The van der Waals surface area contributed by atoms with E-state index in [-0.39, 0.29) is 0 Å². The van der Waals surface area contributed by atoms with E-state index in [1.807, 2.05) is 6.92 Å². The van der Waals surface area contributed by atoms with Crippen LogP contribution < -0.4 is 19.2 Å². The van der Waals surface area contributed by atoms with Gasteiger partial charge in [0.2, 0.25) is 10.0 Å². The molecule has 1 amide bonds. The maximum atomic E-state index is 12.2. The van der Waals surface area contributed by atoms with Crippen molar-refractivity contribution in [2.24, 2.45) is 5.10 Å². The quantitative estimate of drug-likeness (QED) is 0.537. The second kappa shape index (κ2) is 9.23. The molecule has 0 unspecified atom stereocenters. The van der Waals surface area contributed by atoms with Crippen molar-refractivity contribution in [3.63, 3.8) is 0 Å². The highest BCUT2D eigenvalue weighted by Crippen LogP contribution is 2.27. The van der Waals surface area contributed by atoms with Gasteiger partial charge < -0.3 is 9.47 Å². The monoisotopic (exact) mass is 405 g/mol. The lowest BCUT2D eigenvalue weighted by atomic mass is 10.2. The summed E-state index contributed by atoms with van der Waals surface area (Å²) in [6.45, 7) is 2.41. The number of ether oxygens (including phenoxy) is 2. The van der Waals surface area contributed by atoms with Crippen LogP contribution in [-0.4, -0.2) is 47.6 Å². The van der Waals surface area contributed by atoms with Crippen molar-refractivity contribution in [2.45, 2.75) is 6.92 Å². The van der Waals surface area contributed by atoms with Crippen LogP contribution >= 0.6 is 0 Å². The minimum absolute atomic E-state index is 0.354. The molecular formula is C19H23N3O5S. The van der Waals surface area contributed by atoms with E-state index in [4.69, 9.17) is 9.47 Å². The lowest BCUT2D eigenvalue weighted by Gasteiger charge is -2.16. The minimum Gasteiger partial charge on any atom is -0.493 e. The minimum atomic E-state index is -3.36. The Bertz CT molecular complexity index is 956. The first-order valence-corrected chi connectivity index (χ1v) is 10.3. The Hall–Kier alpha value is -3.07. The average molecular weight is 405 g/mol. The SMILES string of the molecule is CCOc1ccc(/C=N\NC(=O)c2ccc(N(C)S(C)(=O)=O)cc2)cc1OC. The number of amides is 1. The number of nitrogens with zero attached hydrogens (tertiary/aromatic N) is 2. The van der Waals surface area contributed by atoms with Gasteiger partial charge in [-0.2, -0.15) is 5.10 Å². The lowest BCUT2D eigenvalue weighted by molar-refractivity contribution is 0.0955. The molecule has 0 fully saturated rings. The topological polar surface area (TPSA) is 97.3 Å². The van der Waals surface area contributed by atoms with Crippen LogP contribution in [0.5, 0.6) is 11.5 Å². The Kier molecular flexibility index (Phi) is 7.00. The molecule has 0 bridgehead atoms. The Morgan fingerprint density at radius 2 is 1.86 bits per heavy atom. The molecule has 0 heterocycles. The van der Waals surface area contributed by atoms with Gasteiger partial charge in [0.1, 0.15) is 0 Å². The zero-order valence-electron chi connectivity index (χ0n) is 16.2. The van der Waals surface area contributed by atoms with Crippen LogP contribution in [0.3, 0.4) is 0 Å². The zero-order valence-corrected chi connectivity index (χ0v) is 17.0. The van der Waals surface area contributed by atoms with E-state index in [1.165, 1.54) is 25.4 Å². The number of sulfonamides is 1. The van der Waals surface area contributed by atoms with Crippen molar-refractivity contribution in [2.75, 3.05) is 31.3 Å². The van der Waals surface area contributed by atoms with Gasteiger partial charge in [0.25, 0.3) is 5.91 Å². The van der Waals surface area contributed by atoms with E-state index in [9.17, 15) is 13.2 Å². The van der Waals surface area contributed by atoms with Gasteiger partial charge >= 0.3 is 0 Å². The van der Waals surface area contributed by atoms with E-state index in [0.717, 1.165) is 16.1 Å². The molecule has 0 atom stereocenters. The molecule has 0 saturated carbocycles. The van der Waals surface area contributed by atoms with Crippen LogP contribution in [0, 0.1) is 0 Å². The summed E-state index contributed by atoms with van der Waals surface area (Å²) in [4.78, 5) is 12.2. The molecule has 0 aromatic heterocycles. The van der Waals surface area contributed by atoms with Crippen LogP contribution in [0.2, 0.25) is 0 Å². The van der Waals surface area contributed by atoms with Crippen LogP contribution in [0.4, 0.5) is 5.69 Å². The predicted molar refractivity (Wildman–Crippen MR) is 109 cm³/mol. The summed E-state index contributed by atoms with van der Waals surface area (Å²) in [7, 11) is -0.365. The smallest absolute Gasteiger partial charge is 0.271 e. The number of hydrazone groups is 1. The first-order valence-electron chi connectivity index (χ1n) is 8.44. The summed E-state index contributed by atoms with van der Waals surface area (Å²) >= 11 is 0. The molecule has 0 saturated heterocycles. The van der Waals surface area contributed by atoms with E-state index >= 15 is 0 Å². The zero-order chi connectivity index (χ0) is 20.7. The highest BCUT2D eigenvalue weighted by atomic mass is 32.2. The van der Waals surface area contributed by atoms with Gasteiger partial charge in [-0.3, -0.25) is 9.10 Å². The van der Waals surface area contributed by atoms with Crippen molar-refractivity contribution in [3.8, 4) is 11.5 Å². The van der Waals surface area contributed by atoms with Crippen LogP contribution in [0.15, 0.2) is 47.6 Å². The summed E-state index contributed by atoms with van der Waals surface area (Å²) < 4.78 is 34.9. The van der Waals surface area contributed by atoms with E-state index in [0.29, 0.717) is 29.4 Å². The van der Waals surface area contributed by atoms with Crippen molar-refractivity contribution >= 4 is 27.8 Å². The Balaban J connectivity index is 2.03. The second-order valence-electron chi connectivity index (χ2n) is 5.82. The first-order chi connectivity index (χ1) is 13.3. The number of benzene rings is 2. The van der Waals surface area contributed by atoms with E-state index < -0.39 is 15.9 Å². The summed E-state index contributed by atoms with van der Waals surface area (Å²) in [6.07, 6.45) is 2.60. The largest absolute Gasteiger partial charge is 0.493 e. The molecule has 28 heavy (non-hydrogen) atoms. The number of nitrogens with one attached hydrogen (secondary N) is 1. The van der Waals surface area contributed by atoms with E-state index in [1.54, 1.807) is 37.4 Å². The number of carbonyl (C=O) groups is 1. The number of hydrogen-bond donors (Lipinski definition) is 1. The van der Waals surface area contributed by atoms with Crippen LogP contribution in [0.1, 0.15) is 22.8 Å². The van der Waals surface area contributed by atoms with Crippen molar-refractivity contribution < 1.29 is 22.7 Å². The third-order valence-electron chi connectivity index (χ3n) is 3.86. The second-order valence-corrected chi connectivity index (χ2v) is 7.83. The molecule has 2 rings (SSSR count). The fourth-order valence-electron chi connectivity index (χ4n) is 2.28. The van der Waals surface area contributed by atoms with Crippen LogP contribution in [0.25, 0.3) is 0 Å². The third kappa shape index (κ3) is 5.46. The highest BCUT2D eigenvalue weighted by molar-refractivity contribution is 7.92. The van der Waals surface area contributed by atoms with Crippen LogP contribution in [-0.2, 0) is 10.0 Å². The van der Waals surface area contributed by atoms with Crippen molar-refractivity contribution in [1.29, 1.82) is 0 Å². The number of anilines is 1. The molecular weight excluding hydrogens is 382 g/mol. The molecule has 0 spiro atoms. The Labute approximate surface area is 164 Å². The fourth-order valence-corrected chi connectivity index (χ4v) is 2.79. The Morgan fingerprint density at radius 3 is 2.43 bits per heavy atom. The van der Waals surface area contributed by atoms with Gasteiger partial charge in [-0.15, -0.1) is 0 Å². The molecule has 0 aliphatic rings. The van der Waals surface area contributed by atoms with E-state index in [2.05, 4.69) is 10.5 Å². The molecule has 9 heteroatoms. The molecule has 0 aliphatic carbocycles. The average Bonchev–Trinajstić information content (AvgIpc) is 2.68. The van der Waals surface area contributed by atoms with Gasteiger partial charge in [0, 0.05) is 12.6 Å². The van der Waals surface area contributed by atoms with Gasteiger partial charge in [0.15, 0.2) is 11.5 Å². The molecule has 2 aromatic carbocycles. The number of rotatable bonds is 8. The van der Waals surface area contributed by atoms with Gasteiger partial charge in [-0.25, -0.2) is 13.8 Å². The number of methoxy groups -OCH3 is 1. The molecule has 0 radical (unpaired) electrons. The Morgan fingerprint density at radius 1 is 1.18 bits per heavy atom. The predicted octanol–water partition coefficient (Wildman–Crippen LogP) is 2.25. The third-order valence-corrected chi connectivity index (χ3v) is 5.06. The molecule has 2 aromatic rings. The molecule has 1 N–H and O–H groups in total. The highest BCUT2D eigenvalue weighted by Gasteiger charge is 2.12. The maximum Gasteiger partial charge on any atom is 0.271 e.